The fourth-order valence-corrected chi connectivity index (χ4v) is 1.37. The third-order valence-corrected chi connectivity index (χ3v) is 3.35. The molecule has 0 saturated carbocycles. The van der Waals surface area contributed by atoms with Gasteiger partial charge in [0.1, 0.15) is 10.8 Å². The topological polar surface area (TPSA) is 50.9 Å². The van der Waals surface area contributed by atoms with E-state index in [4.69, 9.17) is 18.0 Å². The van der Waals surface area contributed by atoms with Crippen molar-refractivity contribution in [2.75, 3.05) is 11.9 Å². The van der Waals surface area contributed by atoms with Crippen molar-refractivity contribution in [1.82, 2.24) is 4.98 Å². The Bertz CT molecular complexity index is 396. The number of thiocarbonyl (C=S) groups is 1. The molecule has 1 heterocycles. The van der Waals surface area contributed by atoms with Crippen LogP contribution in [0.4, 0.5) is 5.82 Å². The predicted molar refractivity (Wildman–Crippen MR) is 77.2 cm³/mol. The van der Waals surface area contributed by atoms with Gasteiger partial charge in [0.2, 0.25) is 0 Å². The molecule has 0 aliphatic rings. The molecule has 4 heteroatoms. The molecule has 94 valence electrons. The Balaban J connectivity index is 2.64. The molecule has 1 rings (SSSR count). The fraction of sp³-hybridized carbons (Fsp3) is 0.538. The van der Waals surface area contributed by atoms with Gasteiger partial charge in [-0.25, -0.2) is 4.98 Å². The number of pyridine rings is 1. The van der Waals surface area contributed by atoms with Gasteiger partial charge >= 0.3 is 0 Å². The van der Waals surface area contributed by atoms with Crippen LogP contribution in [-0.2, 0) is 0 Å². The van der Waals surface area contributed by atoms with E-state index in [1.165, 1.54) is 0 Å². The van der Waals surface area contributed by atoms with E-state index in [9.17, 15) is 0 Å². The number of aromatic nitrogens is 1. The van der Waals surface area contributed by atoms with Gasteiger partial charge < -0.3 is 11.1 Å². The van der Waals surface area contributed by atoms with E-state index in [1.54, 1.807) is 6.20 Å². The first kappa shape index (κ1) is 13.9. The minimum Gasteiger partial charge on any atom is -0.389 e. The molecule has 1 atom stereocenters. The summed E-state index contributed by atoms with van der Waals surface area (Å²) in [7, 11) is 0. The van der Waals surface area contributed by atoms with Crippen molar-refractivity contribution in [1.29, 1.82) is 0 Å². The van der Waals surface area contributed by atoms with Crippen molar-refractivity contribution in [2.45, 2.75) is 27.7 Å². The third kappa shape index (κ3) is 4.30. The van der Waals surface area contributed by atoms with Crippen LogP contribution in [0.15, 0.2) is 18.3 Å². The van der Waals surface area contributed by atoms with Crippen LogP contribution in [0.1, 0.15) is 33.3 Å². The van der Waals surface area contributed by atoms with Crippen molar-refractivity contribution >= 4 is 23.0 Å². The van der Waals surface area contributed by atoms with E-state index in [-0.39, 0.29) is 5.41 Å². The molecule has 0 amide bonds. The number of rotatable bonds is 4. The highest BCUT2D eigenvalue weighted by atomic mass is 32.1. The molecule has 0 aliphatic carbocycles. The van der Waals surface area contributed by atoms with E-state index in [1.807, 2.05) is 12.1 Å². The summed E-state index contributed by atoms with van der Waals surface area (Å²) in [6.45, 7) is 9.82. The summed E-state index contributed by atoms with van der Waals surface area (Å²) >= 11 is 4.94. The monoisotopic (exact) mass is 251 g/mol. The number of nitrogens with zero attached hydrogens (tertiary/aromatic N) is 1. The molecular formula is C13H21N3S. The number of nitrogens with two attached hydrogens (primary N) is 1. The van der Waals surface area contributed by atoms with E-state index in [0.29, 0.717) is 10.9 Å². The quantitative estimate of drug-likeness (QED) is 0.808. The summed E-state index contributed by atoms with van der Waals surface area (Å²) in [6.07, 6.45) is 1.72. The molecule has 0 bridgehead atoms. The molecule has 0 aromatic carbocycles. The Kier molecular flexibility index (Phi) is 4.46. The van der Waals surface area contributed by atoms with Gasteiger partial charge in [-0.15, -0.1) is 0 Å². The first-order valence-electron chi connectivity index (χ1n) is 5.80. The predicted octanol–water partition coefficient (Wildman–Crippen LogP) is 2.81. The van der Waals surface area contributed by atoms with Crippen molar-refractivity contribution in [3.63, 3.8) is 0 Å². The fourth-order valence-electron chi connectivity index (χ4n) is 1.24. The molecule has 0 aliphatic heterocycles. The number of anilines is 1. The van der Waals surface area contributed by atoms with E-state index in [0.717, 1.165) is 17.9 Å². The van der Waals surface area contributed by atoms with Crippen LogP contribution >= 0.6 is 12.2 Å². The maximum Gasteiger partial charge on any atom is 0.126 e. The van der Waals surface area contributed by atoms with Gasteiger partial charge in [-0.2, -0.15) is 0 Å². The number of hydrogen-bond donors (Lipinski definition) is 2. The Morgan fingerprint density at radius 1 is 1.53 bits per heavy atom. The summed E-state index contributed by atoms with van der Waals surface area (Å²) in [6, 6.07) is 3.71. The lowest BCUT2D eigenvalue weighted by Crippen LogP contribution is -2.25. The van der Waals surface area contributed by atoms with Gasteiger partial charge in [-0.05, 0) is 23.5 Å². The Labute approximate surface area is 109 Å². The lowest BCUT2D eigenvalue weighted by Gasteiger charge is -2.27. The van der Waals surface area contributed by atoms with E-state index in [2.05, 4.69) is 38.0 Å². The molecule has 0 spiro atoms. The molecule has 3 nitrogen and oxygen atoms in total. The second-order valence-electron chi connectivity index (χ2n) is 5.44. The summed E-state index contributed by atoms with van der Waals surface area (Å²) < 4.78 is 0. The van der Waals surface area contributed by atoms with Crippen LogP contribution < -0.4 is 11.1 Å². The molecule has 0 fully saturated rings. The Hall–Kier alpha value is -1.16. The highest BCUT2D eigenvalue weighted by Crippen LogP contribution is 2.25. The Morgan fingerprint density at radius 3 is 2.71 bits per heavy atom. The zero-order chi connectivity index (χ0) is 13.1. The summed E-state index contributed by atoms with van der Waals surface area (Å²) in [5.41, 5.74) is 6.72. The van der Waals surface area contributed by atoms with Crippen LogP contribution in [0, 0.1) is 11.3 Å². The van der Waals surface area contributed by atoms with Crippen molar-refractivity contribution in [3.05, 3.63) is 23.9 Å². The van der Waals surface area contributed by atoms with Gasteiger partial charge in [0.15, 0.2) is 0 Å². The first-order valence-corrected chi connectivity index (χ1v) is 6.21. The van der Waals surface area contributed by atoms with Gasteiger partial charge in [0.25, 0.3) is 0 Å². The van der Waals surface area contributed by atoms with E-state index >= 15 is 0 Å². The summed E-state index contributed by atoms with van der Waals surface area (Å²) in [4.78, 5) is 4.65. The van der Waals surface area contributed by atoms with Crippen molar-refractivity contribution < 1.29 is 0 Å². The van der Waals surface area contributed by atoms with Crippen LogP contribution in [0.2, 0.25) is 0 Å². The minimum absolute atomic E-state index is 0.285. The van der Waals surface area contributed by atoms with Crippen molar-refractivity contribution in [2.24, 2.45) is 17.1 Å². The van der Waals surface area contributed by atoms with Crippen LogP contribution in [-0.4, -0.2) is 16.5 Å². The molecule has 0 radical (unpaired) electrons. The maximum atomic E-state index is 5.58. The average Bonchev–Trinajstić information content (AvgIpc) is 2.25. The SMILES string of the molecule is CC(CNc1cc(C(N)=S)ccn1)C(C)(C)C. The standard InChI is InChI=1S/C13H21N3S/c1-9(13(2,3)4)8-16-11-7-10(12(14)17)5-6-15-11/h5-7,9H,8H2,1-4H3,(H2,14,17)(H,15,16). The maximum absolute atomic E-state index is 5.58. The molecule has 0 saturated heterocycles. The third-order valence-electron chi connectivity index (χ3n) is 3.11. The first-order chi connectivity index (χ1) is 7.80. The average molecular weight is 251 g/mol. The highest BCUT2D eigenvalue weighted by Gasteiger charge is 2.19. The molecule has 1 aromatic rings. The number of nitrogens with one attached hydrogen (secondary N) is 1. The normalized spacial score (nSPS) is 13.2. The largest absolute Gasteiger partial charge is 0.389 e. The van der Waals surface area contributed by atoms with Gasteiger partial charge in [0, 0.05) is 18.3 Å². The zero-order valence-corrected chi connectivity index (χ0v) is 11.8. The molecule has 1 unspecified atom stereocenters. The molecular weight excluding hydrogens is 230 g/mol. The lowest BCUT2D eigenvalue weighted by atomic mass is 9.82. The van der Waals surface area contributed by atoms with E-state index < -0.39 is 0 Å². The molecule has 3 N–H and O–H groups in total. The highest BCUT2D eigenvalue weighted by molar-refractivity contribution is 7.80. The van der Waals surface area contributed by atoms with Gasteiger partial charge in [-0.1, -0.05) is 39.9 Å². The van der Waals surface area contributed by atoms with Crippen molar-refractivity contribution in [3.8, 4) is 0 Å². The zero-order valence-electron chi connectivity index (χ0n) is 10.9. The second kappa shape index (κ2) is 5.45. The minimum atomic E-state index is 0.285. The Morgan fingerprint density at radius 2 is 2.18 bits per heavy atom. The summed E-state index contributed by atoms with van der Waals surface area (Å²) in [5, 5.41) is 3.32. The smallest absolute Gasteiger partial charge is 0.126 e. The van der Waals surface area contributed by atoms with Gasteiger partial charge in [-0.3, -0.25) is 0 Å². The summed E-state index contributed by atoms with van der Waals surface area (Å²) in [5.74, 6) is 1.38. The second-order valence-corrected chi connectivity index (χ2v) is 5.88. The molecule has 1 aromatic heterocycles. The van der Waals surface area contributed by atoms with Crippen LogP contribution in [0.3, 0.4) is 0 Å². The van der Waals surface area contributed by atoms with Gasteiger partial charge in [0.05, 0.1) is 0 Å². The van der Waals surface area contributed by atoms with Crippen LogP contribution in [0.25, 0.3) is 0 Å². The van der Waals surface area contributed by atoms with Crippen LogP contribution in [0.5, 0.6) is 0 Å². The number of hydrogen-bond acceptors (Lipinski definition) is 3. The lowest BCUT2D eigenvalue weighted by molar-refractivity contribution is 0.274. The molecule has 17 heavy (non-hydrogen) atoms.